The summed E-state index contributed by atoms with van der Waals surface area (Å²) in [6.07, 6.45) is 21.3. The van der Waals surface area contributed by atoms with Gasteiger partial charge in [-0.3, -0.25) is 9.59 Å². The molecule has 0 saturated heterocycles. The Morgan fingerprint density at radius 2 is 0.733 bits per heavy atom. The molecule has 4 heteroatoms. The average Bonchev–Trinajstić information content (AvgIpc) is 2.75. The van der Waals surface area contributed by atoms with Crippen molar-refractivity contribution >= 4 is 11.8 Å². The van der Waals surface area contributed by atoms with Crippen LogP contribution in [0.4, 0.5) is 0 Å². The van der Waals surface area contributed by atoms with Crippen molar-refractivity contribution in [2.45, 2.75) is 129 Å². The van der Waals surface area contributed by atoms with Crippen molar-refractivity contribution in [2.75, 3.05) is 27.2 Å². The Kier molecular flexibility index (Phi) is 20.4. The summed E-state index contributed by atoms with van der Waals surface area (Å²) >= 11 is 0. The molecule has 0 aromatic carbocycles. The summed E-state index contributed by atoms with van der Waals surface area (Å²) in [6.45, 7) is 5.76. The third-order valence-corrected chi connectivity index (χ3v) is 6.11. The van der Waals surface area contributed by atoms with E-state index in [0.717, 1.165) is 25.7 Å². The summed E-state index contributed by atoms with van der Waals surface area (Å²) in [6, 6.07) is 0. The highest BCUT2D eigenvalue weighted by atomic mass is 16.2. The second kappa shape index (κ2) is 21.2. The lowest BCUT2D eigenvalue weighted by Gasteiger charge is -2.22. The maximum absolute atomic E-state index is 12.3. The van der Waals surface area contributed by atoms with E-state index in [0.29, 0.717) is 25.9 Å². The summed E-state index contributed by atoms with van der Waals surface area (Å²) in [4.78, 5) is 28.1. The molecule has 0 heterocycles. The summed E-state index contributed by atoms with van der Waals surface area (Å²) in [7, 11) is 3.73. The van der Waals surface area contributed by atoms with Gasteiger partial charge in [0.15, 0.2) is 0 Å². The van der Waals surface area contributed by atoms with Crippen LogP contribution in [0.5, 0.6) is 0 Å². The van der Waals surface area contributed by atoms with Gasteiger partial charge in [0.2, 0.25) is 11.8 Å². The molecule has 178 valence electrons. The van der Waals surface area contributed by atoms with Crippen LogP contribution in [0.25, 0.3) is 0 Å². The SMILES string of the molecule is CCCCCCCCCCC(=O)N(C)CCN(C)C(=O)CCCCCCCCCC. The molecule has 0 aliphatic carbocycles. The zero-order valence-electron chi connectivity index (χ0n) is 20.9. The largest absolute Gasteiger partial charge is 0.344 e. The van der Waals surface area contributed by atoms with Gasteiger partial charge >= 0.3 is 0 Å². The number of hydrogen-bond acceptors (Lipinski definition) is 2. The van der Waals surface area contributed by atoms with Gasteiger partial charge < -0.3 is 9.80 Å². The number of likely N-dealkylation sites (N-methyl/N-ethyl adjacent to an activating group) is 2. The summed E-state index contributed by atoms with van der Waals surface area (Å²) in [5, 5.41) is 0. The molecule has 0 aromatic rings. The van der Waals surface area contributed by atoms with E-state index in [9.17, 15) is 9.59 Å². The van der Waals surface area contributed by atoms with Crippen molar-refractivity contribution in [2.24, 2.45) is 0 Å². The molecule has 0 bridgehead atoms. The van der Waals surface area contributed by atoms with Gasteiger partial charge in [-0.1, -0.05) is 104 Å². The molecule has 4 nitrogen and oxygen atoms in total. The molecular weight excluding hydrogens is 372 g/mol. The second-order valence-corrected chi connectivity index (χ2v) is 9.08. The van der Waals surface area contributed by atoms with E-state index in [1.165, 1.54) is 77.0 Å². The van der Waals surface area contributed by atoms with Crippen molar-refractivity contribution in [3.05, 3.63) is 0 Å². The fourth-order valence-corrected chi connectivity index (χ4v) is 3.75. The first-order valence-electron chi connectivity index (χ1n) is 13.0. The fourth-order valence-electron chi connectivity index (χ4n) is 3.75. The third kappa shape index (κ3) is 17.8. The summed E-state index contributed by atoms with van der Waals surface area (Å²) in [5.41, 5.74) is 0. The molecule has 0 spiro atoms. The lowest BCUT2D eigenvalue weighted by Crippen LogP contribution is -2.37. The number of amides is 2. The normalized spacial score (nSPS) is 10.9. The zero-order chi connectivity index (χ0) is 22.5. The number of rotatable bonds is 21. The van der Waals surface area contributed by atoms with E-state index in [1.54, 1.807) is 9.80 Å². The van der Waals surface area contributed by atoms with Gasteiger partial charge in [-0.15, -0.1) is 0 Å². The molecule has 0 radical (unpaired) electrons. The van der Waals surface area contributed by atoms with Gasteiger partial charge in [0.05, 0.1) is 0 Å². The molecule has 0 atom stereocenters. The smallest absolute Gasteiger partial charge is 0.222 e. The van der Waals surface area contributed by atoms with E-state index in [-0.39, 0.29) is 11.8 Å². The number of carbonyl (C=O) groups is 2. The molecule has 0 fully saturated rings. The molecule has 0 aliphatic rings. The summed E-state index contributed by atoms with van der Waals surface area (Å²) < 4.78 is 0. The average molecular weight is 425 g/mol. The van der Waals surface area contributed by atoms with E-state index in [2.05, 4.69) is 13.8 Å². The molecule has 0 aromatic heterocycles. The fraction of sp³-hybridized carbons (Fsp3) is 0.923. The van der Waals surface area contributed by atoms with Crippen molar-refractivity contribution in [3.63, 3.8) is 0 Å². The van der Waals surface area contributed by atoms with E-state index >= 15 is 0 Å². The van der Waals surface area contributed by atoms with Crippen LogP contribution >= 0.6 is 0 Å². The Hall–Kier alpha value is -1.06. The molecule has 0 N–H and O–H groups in total. The predicted octanol–water partition coefficient (Wildman–Crippen LogP) is 6.96. The minimum Gasteiger partial charge on any atom is -0.344 e. The maximum atomic E-state index is 12.3. The Labute approximate surface area is 188 Å². The lowest BCUT2D eigenvalue weighted by atomic mass is 10.1. The van der Waals surface area contributed by atoms with Gasteiger partial charge in [-0.05, 0) is 12.8 Å². The van der Waals surface area contributed by atoms with Crippen LogP contribution in [0.1, 0.15) is 129 Å². The van der Waals surface area contributed by atoms with Crippen molar-refractivity contribution in [1.82, 2.24) is 9.80 Å². The Bertz CT molecular complexity index is 374. The standard InChI is InChI=1S/C26H52N2O2/c1-5-7-9-11-13-15-17-19-21-25(29)27(3)23-24-28(4)26(30)22-20-18-16-14-12-10-8-6-2/h5-24H2,1-4H3. The van der Waals surface area contributed by atoms with E-state index in [4.69, 9.17) is 0 Å². The summed E-state index contributed by atoms with van der Waals surface area (Å²) in [5.74, 6) is 0.426. The van der Waals surface area contributed by atoms with E-state index < -0.39 is 0 Å². The first-order chi connectivity index (χ1) is 14.5. The van der Waals surface area contributed by atoms with Crippen molar-refractivity contribution in [3.8, 4) is 0 Å². The quantitative estimate of drug-likeness (QED) is 0.187. The van der Waals surface area contributed by atoms with Crippen LogP contribution in [0.2, 0.25) is 0 Å². The molecule has 2 amide bonds. The number of carbonyl (C=O) groups excluding carboxylic acids is 2. The number of nitrogens with zero attached hydrogens (tertiary/aromatic N) is 2. The zero-order valence-corrected chi connectivity index (χ0v) is 20.9. The molecular formula is C26H52N2O2. The first kappa shape index (κ1) is 28.9. The minimum atomic E-state index is 0.213. The van der Waals surface area contributed by atoms with Crippen LogP contribution in [-0.4, -0.2) is 48.8 Å². The molecule has 0 saturated carbocycles. The van der Waals surface area contributed by atoms with Crippen LogP contribution in [0.15, 0.2) is 0 Å². The van der Waals surface area contributed by atoms with Crippen LogP contribution in [0.3, 0.4) is 0 Å². The highest BCUT2D eigenvalue weighted by Crippen LogP contribution is 2.11. The van der Waals surface area contributed by atoms with E-state index in [1.807, 2.05) is 14.1 Å². The Balaban J connectivity index is 3.66. The van der Waals surface area contributed by atoms with Gasteiger partial charge in [-0.25, -0.2) is 0 Å². The second-order valence-electron chi connectivity index (χ2n) is 9.08. The molecule has 0 rings (SSSR count). The van der Waals surface area contributed by atoms with Crippen LogP contribution in [0, 0.1) is 0 Å². The highest BCUT2D eigenvalue weighted by molar-refractivity contribution is 5.77. The first-order valence-corrected chi connectivity index (χ1v) is 13.0. The maximum Gasteiger partial charge on any atom is 0.222 e. The molecule has 0 aliphatic heterocycles. The molecule has 0 unspecified atom stereocenters. The monoisotopic (exact) mass is 424 g/mol. The van der Waals surface area contributed by atoms with Gasteiger partial charge in [-0.2, -0.15) is 0 Å². The lowest BCUT2D eigenvalue weighted by molar-refractivity contribution is -0.133. The van der Waals surface area contributed by atoms with Gasteiger partial charge in [0, 0.05) is 40.0 Å². The Morgan fingerprint density at radius 1 is 0.467 bits per heavy atom. The molecule has 30 heavy (non-hydrogen) atoms. The third-order valence-electron chi connectivity index (χ3n) is 6.11. The van der Waals surface area contributed by atoms with Crippen LogP contribution in [-0.2, 0) is 9.59 Å². The highest BCUT2D eigenvalue weighted by Gasteiger charge is 2.12. The predicted molar refractivity (Wildman–Crippen MR) is 130 cm³/mol. The van der Waals surface area contributed by atoms with Crippen molar-refractivity contribution < 1.29 is 9.59 Å². The van der Waals surface area contributed by atoms with Gasteiger partial charge in [0.1, 0.15) is 0 Å². The van der Waals surface area contributed by atoms with Crippen LogP contribution < -0.4 is 0 Å². The van der Waals surface area contributed by atoms with Gasteiger partial charge in [0.25, 0.3) is 0 Å². The minimum absolute atomic E-state index is 0.213. The van der Waals surface area contributed by atoms with Crippen molar-refractivity contribution in [1.29, 1.82) is 0 Å². The Morgan fingerprint density at radius 3 is 1.03 bits per heavy atom. The topological polar surface area (TPSA) is 40.6 Å². The number of unbranched alkanes of at least 4 members (excludes halogenated alkanes) is 14. The number of hydrogen-bond donors (Lipinski definition) is 0.